The van der Waals surface area contributed by atoms with Crippen LogP contribution in [0.25, 0.3) is 0 Å². The van der Waals surface area contributed by atoms with Crippen LogP contribution < -0.4 is 15.8 Å². The normalized spacial score (nSPS) is 12.4. The summed E-state index contributed by atoms with van der Waals surface area (Å²) >= 11 is 3.42. The number of hydrogen-bond acceptors (Lipinski definition) is 5. The molecule has 0 aliphatic heterocycles. The zero-order valence-electron chi connectivity index (χ0n) is 15.3. The number of anilines is 3. The van der Waals surface area contributed by atoms with E-state index in [2.05, 4.69) is 21.2 Å². The minimum atomic E-state index is -0.261. The highest BCUT2D eigenvalue weighted by Crippen LogP contribution is 2.41. The molecule has 3 aromatic rings. The van der Waals surface area contributed by atoms with Crippen molar-refractivity contribution in [3.63, 3.8) is 0 Å². The maximum absolute atomic E-state index is 13.3. The van der Waals surface area contributed by atoms with Gasteiger partial charge in [-0.2, -0.15) is 0 Å². The Morgan fingerprint density at radius 2 is 1.57 bits per heavy atom. The lowest BCUT2D eigenvalue weighted by Gasteiger charge is -2.23. The van der Waals surface area contributed by atoms with Gasteiger partial charge < -0.3 is 15.8 Å². The first-order valence-electron chi connectivity index (χ1n) is 8.64. The number of nitrogens with one attached hydrogen (secondary N) is 1. The van der Waals surface area contributed by atoms with Gasteiger partial charge in [0.25, 0.3) is 0 Å². The Bertz CT molecular complexity index is 1150. The van der Waals surface area contributed by atoms with Crippen molar-refractivity contribution in [2.75, 3.05) is 18.2 Å². The van der Waals surface area contributed by atoms with Gasteiger partial charge in [-0.3, -0.25) is 9.59 Å². The minimum Gasteiger partial charge on any atom is -0.495 e. The van der Waals surface area contributed by atoms with Crippen LogP contribution in [-0.2, 0) is 0 Å². The highest BCUT2D eigenvalue weighted by molar-refractivity contribution is 9.10. The third-order valence-corrected chi connectivity index (χ3v) is 5.47. The number of benzene rings is 3. The fraction of sp³-hybridized carbons (Fsp3) is 0.0909. The molecule has 0 atom stereocenters. The molecule has 0 fully saturated rings. The lowest BCUT2D eigenvalue weighted by Crippen LogP contribution is -2.24. The summed E-state index contributed by atoms with van der Waals surface area (Å²) in [5, 5.41) is 3.26. The van der Waals surface area contributed by atoms with Crippen molar-refractivity contribution >= 4 is 44.6 Å². The zero-order chi connectivity index (χ0) is 20.0. The van der Waals surface area contributed by atoms with Crippen LogP contribution in [0.1, 0.15) is 37.4 Å². The summed E-state index contributed by atoms with van der Waals surface area (Å²) in [4.78, 5) is 26.4. The Kier molecular flexibility index (Phi) is 4.43. The van der Waals surface area contributed by atoms with Gasteiger partial charge in [-0.25, -0.2) is 0 Å². The number of hydrogen-bond donors (Lipinski definition) is 2. The lowest BCUT2D eigenvalue weighted by atomic mass is 9.82. The first kappa shape index (κ1) is 18.3. The molecule has 0 radical (unpaired) electrons. The predicted octanol–water partition coefficient (Wildman–Crippen LogP) is 4.87. The number of nitrogen functional groups attached to an aromatic ring is 1. The molecule has 1 aliphatic carbocycles. The van der Waals surface area contributed by atoms with Gasteiger partial charge in [0.05, 0.1) is 35.3 Å². The molecule has 140 valence electrons. The summed E-state index contributed by atoms with van der Waals surface area (Å²) in [6.07, 6.45) is 0. The Labute approximate surface area is 170 Å². The van der Waals surface area contributed by atoms with Crippen molar-refractivity contribution in [2.24, 2.45) is 0 Å². The number of aryl methyl sites for hydroxylation is 1. The van der Waals surface area contributed by atoms with Crippen molar-refractivity contribution in [1.82, 2.24) is 0 Å². The van der Waals surface area contributed by atoms with Crippen molar-refractivity contribution in [3.05, 3.63) is 80.8 Å². The van der Waals surface area contributed by atoms with Crippen LogP contribution >= 0.6 is 15.9 Å². The van der Waals surface area contributed by atoms with Crippen LogP contribution in [0.15, 0.2) is 53.0 Å². The smallest absolute Gasteiger partial charge is 0.196 e. The van der Waals surface area contributed by atoms with Crippen molar-refractivity contribution in [2.45, 2.75) is 6.92 Å². The third-order valence-electron chi connectivity index (χ3n) is 4.81. The zero-order valence-corrected chi connectivity index (χ0v) is 16.9. The summed E-state index contributed by atoms with van der Waals surface area (Å²) in [7, 11) is 1.58. The second-order valence-electron chi connectivity index (χ2n) is 6.60. The second-order valence-corrected chi connectivity index (χ2v) is 7.46. The monoisotopic (exact) mass is 436 g/mol. The van der Waals surface area contributed by atoms with E-state index >= 15 is 0 Å². The molecule has 0 saturated carbocycles. The molecule has 4 rings (SSSR count). The molecule has 5 nitrogen and oxygen atoms in total. The van der Waals surface area contributed by atoms with E-state index in [1.807, 2.05) is 25.1 Å². The average molecular weight is 437 g/mol. The summed E-state index contributed by atoms with van der Waals surface area (Å²) in [6, 6.07) is 14.2. The Morgan fingerprint density at radius 1 is 0.929 bits per heavy atom. The Balaban J connectivity index is 1.95. The first-order chi connectivity index (χ1) is 13.4. The molecule has 0 heterocycles. The summed E-state index contributed by atoms with van der Waals surface area (Å²) in [5.41, 5.74) is 9.88. The highest BCUT2D eigenvalue weighted by atomic mass is 79.9. The number of ketones is 2. The molecule has 0 amide bonds. The van der Waals surface area contributed by atoms with E-state index in [9.17, 15) is 9.59 Å². The quantitative estimate of drug-likeness (QED) is 0.447. The van der Waals surface area contributed by atoms with Crippen molar-refractivity contribution in [3.8, 4) is 5.75 Å². The number of ether oxygens (including phenoxy) is 1. The van der Waals surface area contributed by atoms with Crippen LogP contribution in [0.2, 0.25) is 0 Å². The fourth-order valence-electron chi connectivity index (χ4n) is 3.45. The number of methoxy groups -OCH3 is 1. The molecule has 0 spiro atoms. The number of nitrogens with two attached hydrogens (primary N) is 1. The maximum atomic E-state index is 13.3. The van der Waals surface area contributed by atoms with Gasteiger partial charge in [-0.05, 0) is 46.6 Å². The number of fused-ring (bicyclic) bond motifs is 2. The molecule has 3 aromatic carbocycles. The van der Waals surface area contributed by atoms with Gasteiger partial charge in [0.1, 0.15) is 5.75 Å². The molecular formula is C22H17BrN2O3. The van der Waals surface area contributed by atoms with Gasteiger partial charge in [0, 0.05) is 15.6 Å². The third kappa shape index (κ3) is 2.77. The Morgan fingerprint density at radius 3 is 2.21 bits per heavy atom. The number of carbonyl (C=O) groups excluding carboxylic acids is 2. The van der Waals surface area contributed by atoms with Gasteiger partial charge in [0.2, 0.25) is 0 Å². The molecule has 0 unspecified atom stereocenters. The van der Waals surface area contributed by atoms with E-state index in [0.717, 1.165) is 5.56 Å². The van der Waals surface area contributed by atoms with Crippen molar-refractivity contribution < 1.29 is 14.3 Å². The number of halogens is 1. The van der Waals surface area contributed by atoms with Gasteiger partial charge in [-0.1, -0.05) is 30.3 Å². The average Bonchev–Trinajstić information content (AvgIpc) is 2.69. The van der Waals surface area contributed by atoms with Crippen molar-refractivity contribution in [1.29, 1.82) is 0 Å². The molecule has 0 saturated heterocycles. The molecule has 28 heavy (non-hydrogen) atoms. The summed E-state index contributed by atoms with van der Waals surface area (Å²) < 4.78 is 5.97. The maximum Gasteiger partial charge on any atom is 0.196 e. The van der Waals surface area contributed by atoms with Gasteiger partial charge in [-0.15, -0.1) is 0 Å². The number of rotatable bonds is 3. The van der Waals surface area contributed by atoms with Crippen LogP contribution in [0.4, 0.5) is 17.1 Å². The predicted molar refractivity (Wildman–Crippen MR) is 113 cm³/mol. The largest absolute Gasteiger partial charge is 0.495 e. The van der Waals surface area contributed by atoms with Crippen LogP contribution in [0, 0.1) is 6.92 Å². The van der Waals surface area contributed by atoms with E-state index in [4.69, 9.17) is 10.5 Å². The molecular weight excluding hydrogens is 420 g/mol. The molecule has 0 aromatic heterocycles. The molecule has 1 aliphatic rings. The Hall–Kier alpha value is -3.12. The van der Waals surface area contributed by atoms with E-state index in [0.29, 0.717) is 32.7 Å². The molecule has 6 heteroatoms. The van der Waals surface area contributed by atoms with Crippen LogP contribution in [-0.4, -0.2) is 18.7 Å². The summed E-state index contributed by atoms with van der Waals surface area (Å²) in [6.45, 7) is 1.96. The van der Waals surface area contributed by atoms with Gasteiger partial charge >= 0.3 is 0 Å². The summed E-state index contributed by atoms with van der Waals surface area (Å²) in [5.74, 6) is 0.129. The lowest BCUT2D eigenvalue weighted by molar-refractivity contribution is 0.0980. The minimum absolute atomic E-state index is 0.215. The molecule has 3 N–H and O–H groups in total. The van der Waals surface area contributed by atoms with Gasteiger partial charge in [0.15, 0.2) is 11.6 Å². The topological polar surface area (TPSA) is 81.4 Å². The fourth-order valence-corrected chi connectivity index (χ4v) is 3.88. The van der Waals surface area contributed by atoms with Crippen LogP contribution in [0.3, 0.4) is 0 Å². The van der Waals surface area contributed by atoms with E-state index < -0.39 is 0 Å². The molecule has 0 bridgehead atoms. The first-order valence-corrected chi connectivity index (χ1v) is 9.43. The highest BCUT2D eigenvalue weighted by Gasteiger charge is 2.34. The van der Waals surface area contributed by atoms with E-state index in [1.165, 1.54) is 0 Å². The second kappa shape index (κ2) is 6.80. The van der Waals surface area contributed by atoms with E-state index in [1.54, 1.807) is 37.4 Å². The van der Waals surface area contributed by atoms with E-state index in [-0.39, 0.29) is 28.4 Å². The SMILES string of the molecule is COc1ccc(C)cc1Nc1cc(Br)c(N)c2c1C(=O)c1ccccc1C2=O. The standard InChI is InChI=1S/C22H17BrN2O3/c1-11-7-8-17(28-2)15(9-11)25-16-10-14(23)20(24)19-18(16)21(26)12-5-3-4-6-13(12)22(19)27/h3-10,25H,24H2,1-2H3. The number of carbonyl (C=O) groups is 2. The van der Waals surface area contributed by atoms with Crippen LogP contribution in [0.5, 0.6) is 5.75 Å².